The van der Waals surface area contributed by atoms with Gasteiger partial charge in [-0.25, -0.2) is 0 Å². The van der Waals surface area contributed by atoms with E-state index in [1.54, 1.807) is 0 Å². The van der Waals surface area contributed by atoms with E-state index in [2.05, 4.69) is 36.2 Å². The highest BCUT2D eigenvalue weighted by Gasteiger charge is 2.23. The van der Waals surface area contributed by atoms with Gasteiger partial charge in [0.05, 0.1) is 6.54 Å². The molecule has 2 aliphatic rings. The minimum Gasteiger partial charge on any atom is -0.325 e. The zero-order valence-electron chi connectivity index (χ0n) is 13.2. The predicted octanol–water partition coefficient (Wildman–Crippen LogP) is 3.09. The number of anilines is 1. The molecule has 1 fully saturated rings. The summed E-state index contributed by atoms with van der Waals surface area (Å²) in [6.45, 7) is 7.16. The molecule has 0 unspecified atom stereocenters. The molecule has 1 aliphatic heterocycles. The lowest BCUT2D eigenvalue weighted by Crippen LogP contribution is -2.42. The van der Waals surface area contributed by atoms with Gasteiger partial charge < -0.3 is 5.32 Å². The summed E-state index contributed by atoms with van der Waals surface area (Å²) in [6.07, 6.45) is 4.87. The van der Waals surface area contributed by atoms with E-state index >= 15 is 0 Å². The van der Waals surface area contributed by atoms with E-state index < -0.39 is 0 Å². The van der Waals surface area contributed by atoms with Crippen molar-refractivity contribution in [3.63, 3.8) is 0 Å². The number of benzene rings is 1. The standard InChI is InChI=1S/C18H26N2O/c1-13-8-14(2)11-20(10-13)12-18(21)19-17-7-6-15-4-3-5-16(15)9-17/h6-7,9,13-14H,3-5,8,10-12H2,1-2H3,(H,19,21)/t13-,14+. The first-order valence-corrected chi connectivity index (χ1v) is 8.24. The van der Waals surface area contributed by atoms with E-state index in [4.69, 9.17) is 0 Å². The lowest BCUT2D eigenvalue weighted by Gasteiger charge is -2.34. The maximum absolute atomic E-state index is 12.2. The zero-order valence-corrected chi connectivity index (χ0v) is 13.2. The summed E-state index contributed by atoms with van der Waals surface area (Å²) >= 11 is 0. The van der Waals surface area contributed by atoms with Gasteiger partial charge >= 0.3 is 0 Å². The Morgan fingerprint density at radius 1 is 1.19 bits per heavy atom. The first-order valence-electron chi connectivity index (χ1n) is 8.24. The van der Waals surface area contributed by atoms with Crippen LogP contribution < -0.4 is 5.32 Å². The average molecular weight is 286 g/mol. The molecule has 0 bridgehead atoms. The van der Waals surface area contributed by atoms with Crippen molar-refractivity contribution in [2.45, 2.75) is 39.5 Å². The Morgan fingerprint density at radius 3 is 2.67 bits per heavy atom. The zero-order chi connectivity index (χ0) is 14.8. The summed E-state index contributed by atoms with van der Waals surface area (Å²) in [6, 6.07) is 6.37. The summed E-state index contributed by atoms with van der Waals surface area (Å²) in [5, 5.41) is 3.07. The van der Waals surface area contributed by atoms with Gasteiger partial charge in [0.15, 0.2) is 0 Å². The molecule has 1 saturated heterocycles. The molecular formula is C18H26N2O. The van der Waals surface area contributed by atoms with Gasteiger partial charge in [0, 0.05) is 18.8 Å². The maximum Gasteiger partial charge on any atom is 0.238 e. The molecule has 3 heteroatoms. The monoisotopic (exact) mass is 286 g/mol. The third kappa shape index (κ3) is 3.65. The third-order valence-corrected chi connectivity index (χ3v) is 4.69. The average Bonchev–Trinajstić information content (AvgIpc) is 2.84. The second kappa shape index (κ2) is 6.18. The van der Waals surface area contributed by atoms with E-state index in [1.165, 1.54) is 30.4 Å². The molecule has 1 amide bonds. The number of rotatable bonds is 3. The Morgan fingerprint density at radius 2 is 1.90 bits per heavy atom. The number of carbonyl (C=O) groups excluding carboxylic acids is 1. The first kappa shape index (κ1) is 14.6. The Hall–Kier alpha value is -1.35. The van der Waals surface area contributed by atoms with Crippen molar-refractivity contribution < 1.29 is 4.79 Å². The molecule has 1 aromatic rings. The van der Waals surface area contributed by atoms with Crippen LogP contribution in [0.5, 0.6) is 0 Å². The van der Waals surface area contributed by atoms with Crippen LogP contribution in [0, 0.1) is 11.8 Å². The minimum absolute atomic E-state index is 0.120. The molecule has 21 heavy (non-hydrogen) atoms. The number of nitrogens with one attached hydrogen (secondary N) is 1. The van der Waals surface area contributed by atoms with Crippen molar-refractivity contribution in [2.24, 2.45) is 11.8 Å². The smallest absolute Gasteiger partial charge is 0.238 e. The topological polar surface area (TPSA) is 32.3 Å². The van der Waals surface area contributed by atoms with Gasteiger partial charge in [-0.1, -0.05) is 19.9 Å². The van der Waals surface area contributed by atoms with Gasteiger partial charge in [0.25, 0.3) is 0 Å². The number of hydrogen-bond acceptors (Lipinski definition) is 2. The molecule has 114 valence electrons. The fourth-order valence-electron chi connectivity index (χ4n) is 3.97. The molecule has 3 rings (SSSR count). The summed E-state index contributed by atoms with van der Waals surface area (Å²) in [4.78, 5) is 14.5. The van der Waals surface area contributed by atoms with Crippen molar-refractivity contribution in [3.05, 3.63) is 29.3 Å². The lowest BCUT2D eigenvalue weighted by molar-refractivity contribution is -0.117. The fraction of sp³-hybridized carbons (Fsp3) is 0.611. The molecule has 3 nitrogen and oxygen atoms in total. The molecule has 2 atom stereocenters. The van der Waals surface area contributed by atoms with Crippen molar-refractivity contribution >= 4 is 11.6 Å². The van der Waals surface area contributed by atoms with E-state index in [-0.39, 0.29) is 5.91 Å². The summed E-state index contributed by atoms with van der Waals surface area (Å²) in [5.74, 6) is 1.51. The lowest BCUT2D eigenvalue weighted by atomic mass is 9.92. The van der Waals surface area contributed by atoms with E-state index in [1.807, 2.05) is 6.07 Å². The van der Waals surface area contributed by atoms with Crippen molar-refractivity contribution in [1.29, 1.82) is 0 Å². The van der Waals surface area contributed by atoms with E-state index in [9.17, 15) is 4.79 Å². The number of carbonyl (C=O) groups is 1. The quantitative estimate of drug-likeness (QED) is 0.926. The second-order valence-electron chi connectivity index (χ2n) is 7.03. The number of nitrogens with zero attached hydrogens (tertiary/aromatic N) is 1. The summed E-state index contributed by atoms with van der Waals surface area (Å²) < 4.78 is 0. The molecule has 0 saturated carbocycles. The molecule has 0 spiro atoms. The van der Waals surface area contributed by atoms with Gasteiger partial charge in [0.1, 0.15) is 0 Å². The second-order valence-corrected chi connectivity index (χ2v) is 7.03. The SMILES string of the molecule is C[C@@H]1C[C@H](C)CN(CC(=O)Nc2ccc3c(c2)CCC3)C1. The normalized spacial score (nSPS) is 25.6. The number of amides is 1. The predicted molar refractivity (Wildman–Crippen MR) is 86.5 cm³/mol. The van der Waals surface area contributed by atoms with Crippen molar-refractivity contribution in [1.82, 2.24) is 4.90 Å². The number of aryl methyl sites for hydroxylation is 2. The van der Waals surface area contributed by atoms with Crippen LogP contribution in [0.25, 0.3) is 0 Å². The molecule has 1 N–H and O–H groups in total. The van der Waals surface area contributed by atoms with Crippen LogP contribution in [0.1, 0.15) is 37.8 Å². The molecule has 0 radical (unpaired) electrons. The van der Waals surface area contributed by atoms with Gasteiger partial charge in [-0.2, -0.15) is 0 Å². The van der Waals surface area contributed by atoms with Crippen LogP contribution in [0.4, 0.5) is 5.69 Å². The van der Waals surface area contributed by atoms with Crippen molar-refractivity contribution in [2.75, 3.05) is 25.0 Å². The van der Waals surface area contributed by atoms with Crippen LogP contribution in [-0.4, -0.2) is 30.4 Å². The van der Waals surface area contributed by atoms with E-state index in [0.717, 1.165) is 25.2 Å². The molecule has 1 heterocycles. The first-order chi connectivity index (χ1) is 10.1. The number of likely N-dealkylation sites (tertiary alicyclic amines) is 1. The van der Waals surface area contributed by atoms with Gasteiger partial charge in [-0.3, -0.25) is 9.69 Å². The number of hydrogen-bond donors (Lipinski definition) is 1. The van der Waals surface area contributed by atoms with Crippen LogP contribution in [0.3, 0.4) is 0 Å². The van der Waals surface area contributed by atoms with Crippen molar-refractivity contribution in [3.8, 4) is 0 Å². The Bertz CT molecular complexity index is 516. The highest BCUT2D eigenvalue weighted by molar-refractivity contribution is 5.92. The number of piperidine rings is 1. The fourth-order valence-corrected chi connectivity index (χ4v) is 3.97. The Labute approximate surface area is 127 Å². The maximum atomic E-state index is 12.2. The molecule has 1 aliphatic carbocycles. The largest absolute Gasteiger partial charge is 0.325 e. The highest BCUT2D eigenvalue weighted by atomic mass is 16.2. The molecule has 1 aromatic carbocycles. The highest BCUT2D eigenvalue weighted by Crippen LogP contribution is 2.25. The Balaban J connectivity index is 1.56. The van der Waals surface area contributed by atoms with E-state index in [0.29, 0.717) is 18.4 Å². The van der Waals surface area contributed by atoms with Crippen LogP contribution in [0.2, 0.25) is 0 Å². The van der Waals surface area contributed by atoms with Crippen LogP contribution in [-0.2, 0) is 17.6 Å². The van der Waals surface area contributed by atoms with Gasteiger partial charge in [-0.05, 0) is 60.8 Å². The number of fused-ring (bicyclic) bond motifs is 1. The van der Waals surface area contributed by atoms with Crippen LogP contribution >= 0.6 is 0 Å². The van der Waals surface area contributed by atoms with Crippen LogP contribution in [0.15, 0.2) is 18.2 Å². The van der Waals surface area contributed by atoms with Gasteiger partial charge in [-0.15, -0.1) is 0 Å². The Kier molecular flexibility index (Phi) is 4.29. The molecule has 0 aromatic heterocycles. The molecular weight excluding hydrogens is 260 g/mol. The van der Waals surface area contributed by atoms with Gasteiger partial charge in [0.2, 0.25) is 5.91 Å². The minimum atomic E-state index is 0.120. The summed E-state index contributed by atoms with van der Waals surface area (Å²) in [7, 11) is 0. The summed E-state index contributed by atoms with van der Waals surface area (Å²) in [5.41, 5.74) is 3.82. The third-order valence-electron chi connectivity index (χ3n) is 4.69.